The van der Waals surface area contributed by atoms with Crippen LogP contribution in [-0.2, 0) is 27.5 Å². The van der Waals surface area contributed by atoms with Gasteiger partial charge in [0.2, 0.25) is 0 Å². The molecule has 1 aliphatic carbocycles. The van der Waals surface area contributed by atoms with Gasteiger partial charge in [-0.1, -0.05) is 24.3 Å². The second-order valence-corrected chi connectivity index (χ2v) is 5.28. The number of methoxy groups -OCH3 is 1. The van der Waals surface area contributed by atoms with E-state index in [0.717, 1.165) is 36.8 Å². The normalized spacial score (nSPS) is 22.5. The third kappa shape index (κ3) is 4.05. The van der Waals surface area contributed by atoms with E-state index in [-0.39, 0.29) is 24.6 Å². The van der Waals surface area contributed by atoms with Gasteiger partial charge in [0, 0.05) is 0 Å². The van der Waals surface area contributed by atoms with Gasteiger partial charge in [-0.2, -0.15) is 0 Å². The predicted octanol–water partition coefficient (Wildman–Crippen LogP) is 2.43. The number of aliphatic hydroxyl groups is 1. The Hall–Kier alpha value is -1.39. The highest BCUT2D eigenvalue weighted by molar-refractivity contribution is 5.72. The van der Waals surface area contributed by atoms with Gasteiger partial charge in [-0.3, -0.25) is 4.79 Å². The van der Waals surface area contributed by atoms with E-state index >= 15 is 0 Å². The topological polar surface area (TPSA) is 55.8 Å². The quantitative estimate of drug-likeness (QED) is 0.840. The van der Waals surface area contributed by atoms with Crippen LogP contribution in [0.25, 0.3) is 0 Å². The zero-order valence-electron chi connectivity index (χ0n) is 11.9. The molecule has 1 N–H and O–H groups in total. The average Bonchev–Trinajstić information content (AvgIpc) is 2.53. The third-order valence-corrected chi connectivity index (χ3v) is 3.90. The van der Waals surface area contributed by atoms with Crippen LogP contribution < -0.4 is 0 Å². The summed E-state index contributed by atoms with van der Waals surface area (Å²) in [4.78, 5) is 11.4. The molecule has 110 valence electrons. The Bertz CT molecular complexity index is 419. The highest BCUT2D eigenvalue weighted by atomic mass is 16.5. The van der Waals surface area contributed by atoms with Crippen LogP contribution in [0, 0.1) is 5.92 Å². The van der Waals surface area contributed by atoms with Crippen molar-refractivity contribution >= 4 is 5.97 Å². The Balaban J connectivity index is 1.74. The summed E-state index contributed by atoms with van der Waals surface area (Å²) in [7, 11) is 1.45. The number of aliphatic hydroxyl groups excluding tert-OH is 1. The van der Waals surface area contributed by atoms with Crippen LogP contribution in [0.15, 0.2) is 24.3 Å². The van der Waals surface area contributed by atoms with Crippen LogP contribution in [0.4, 0.5) is 0 Å². The van der Waals surface area contributed by atoms with Gasteiger partial charge in [0.05, 0.1) is 32.3 Å². The van der Waals surface area contributed by atoms with Gasteiger partial charge in [0.15, 0.2) is 0 Å². The molecule has 4 heteroatoms. The Labute approximate surface area is 119 Å². The fraction of sp³-hybridized carbons (Fsp3) is 0.562. The number of benzene rings is 1. The van der Waals surface area contributed by atoms with E-state index in [1.807, 2.05) is 24.3 Å². The Morgan fingerprint density at radius 1 is 1.15 bits per heavy atom. The molecule has 0 aliphatic heterocycles. The van der Waals surface area contributed by atoms with Crippen LogP contribution in [0.2, 0.25) is 0 Å². The summed E-state index contributed by atoms with van der Waals surface area (Å²) in [6, 6.07) is 7.77. The molecule has 0 spiro atoms. The lowest BCUT2D eigenvalue weighted by Gasteiger charge is -2.27. The first-order chi connectivity index (χ1) is 9.72. The SMILES string of the molecule is COC(=O)C1CCC(OCc2ccc(CO)cc2)CC1. The number of carbonyl (C=O) groups excluding carboxylic acids is 1. The van der Waals surface area contributed by atoms with Gasteiger partial charge < -0.3 is 14.6 Å². The van der Waals surface area contributed by atoms with Crippen molar-refractivity contribution in [3.8, 4) is 0 Å². The summed E-state index contributed by atoms with van der Waals surface area (Å²) in [6.45, 7) is 0.651. The van der Waals surface area contributed by atoms with Crippen LogP contribution in [-0.4, -0.2) is 24.3 Å². The highest BCUT2D eigenvalue weighted by Gasteiger charge is 2.27. The van der Waals surface area contributed by atoms with Crippen LogP contribution in [0.3, 0.4) is 0 Å². The molecule has 20 heavy (non-hydrogen) atoms. The summed E-state index contributed by atoms with van der Waals surface area (Å²) < 4.78 is 10.7. The fourth-order valence-electron chi connectivity index (χ4n) is 2.59. The first kappa shape index (κ1) is 15.0. The van der Waals surface area contributed by atoms with Crippen molar-refractivity contribution in [1.29, 1.82) is 0 Å². The number of hydrogen-bond acceptors (Lipinski definition) is 4. The molecule has 1 saturated carbocycles. The highest BCUT2D eigenvalue weighted by Crippen LogP contribution is 2.27. The molecular formula is C16H22O4. The lowest BCUT2D eigenvalue weighted by Crippen LogP contribution is -2.26. The molecular weight excluding hydrogens is 256 g/mol. The Morgan fingerprint density at radius 2 is 1.75 bits per heavy atom. The van der Waals surface area contributed by atoms with Crippen LogP contribution >= 0.6 is 0 Å². The van der Waals surface area contributed by atoms with Crippen LogP contribution in [0.5, 0.6) is 0 Å². The van der Waals surface area contributed by atoms with Gasteiger partial charge >= 0.3 is 5.97 Å². The van der Waals surface area contributed by atoms with Crippen molar-refractivity contribution in [2.75, 3.05) is 7.11 Å². The lowest BCUT2D eigenvalue weighted by molar-refractivity contribution is -0.147. The molecule has 0 atom stereocenters. The number of carbonyl (C=O) groups is 1. The van der Waals surface area contributed by atoms with E-state index in [0.29, 0.717) is 6.61 Å². The smallest absolute Gasteiger partial charge is 0.308 e. The van der Waals surface area contributed by atoms with Crippen molar-refractivity contribution in [2.45, 2.75) is 45.0 Å². The maximum Gasteiger partial charge on any atom is 0.308 e. The Kier molecular flexibility index (Phi) is 5.56. The molecule has 0 saturated heterocycles. The van der Waals surface area contributed by atoms with Crippen molar-refractivity contribution in [3.63, 3.8) is 0 Å². The standard InChI is InChI=1S/C16H22O4/c1-19-16(18)14-6-8-15(9-7-14)20-11-13-4-2-12(10-17)3-5-13/h2-5,14-15,17H,6-11H2,1H3. The molecule has 4 nitrogen and oxygen atoms in total. The second-order valence-electron chi connectivity index (χ2n) is 5.28. The number of esters is 1. The summed E-state index contributed by atoms with van der Waals surface area (Å²) in [5.74, 6) is -0.0493. The lowest BCUT2D eigenvalue weighted by atomic mass is 9.87. The predicted molar refractivity (Wildman–Crippen MR) is 74.9 cm³/mol. The molecule has 1 aromatic rings. The minimum atomic E-state index is -0.0944. The molecule has 0 bridgehead atoms. The van der Waals surface area contributed by atoms with Crippen molar-refractivity contribution in [3.05, 3.63) is 35.4 Å². The van der Waals surface area contributed by atoms with Gasteiger partial charge in [0.25, 0.3) is 0 Å². The van der Waals surface area contributed by atoms with E-state index in [4.69, 9.17) is 14.6 Å². The number of rotatable bonds is 5. The minimum Gasteiger partial charge on any atom is -0.469 e. The Morgan fingerprint density at radius 3 is 2.30 bits per heavy atom. The molecule has 0 heterocycles. The zero-order chi connectivity index (χ0) is 14.4. The molecule has 1 aromatic carbocycles. The van der Waals surface area contributed by atoms with Gasteiger partial charge in [-0.15, -0.1) is 0 Å². The van der Waals surface area contributed by atoms with Crippen molar-refractivity contribution in [2.24, 2.45) is 5.92 Å². The first-order valence-corrected chi connectivity index (χ1v) is 7.11. The molecule has 0 amide bonds. The average molecular weight is 278 g/mol. The maximum absolute atomic E-state index is 11.4. The summed E-state index contributed by atoms with van der Waals surface area (Å²) in [5.41, 5.74) is 2.02. The number of hydrogen-bond donors (Lipinski definition) is 1. The minimum absolute atomic E-state index is 0.0451. The maximum atomic E-state index is 11.4. The third-order valence-electron chi connectivity index (χ3n) is 3.90. The summed E-state index contributed by atoms with van der Waals surface area (Å²) >= 11 is 0. The largest absolute Gasteiger partial charge is 0.469 e. The van der Waals surface area contributed by atoms with E-state index < -0.39 is 0 Å². The van der Waals surface area contributed by atoms with Crippen molar-refractivity contribution < 1.29 is 19.4 Å². The van der Waals surface area contributed by atoms with Gasteiger partial charge in [0.1, 0.15) is 0 Å². The van der Waals surface area contributed by atoms with Crippen LogP contribution in [0.1, 0.15) is 36.8 Å². The van der Waals surface area contributed by atoms with Gasteiger partial charge in [-0.05, 0) is 36.8 Å². The zero-order valence-corrected chi connectivity index (χ0v) is 11.9. The van der Waals surface area contributed by atoms with E-state index in [9.17, 15) is 4.79 Å². The molecule has 1 fully saturated rings. The molecule has 0 radical (unpaired) electrons. The second kappa shape index (κ2) is 7.41. The fourth-order valence-corrected chi connectivity index (χ4v) is 2.59. The van der Waals surface area contributed by atoms with E-state index in [2.05, 4.69) is 0 Å². The monoisotopic (exact) mass is 278 g/mol. The molecule has 0 aromatic heterocycles. The van der Waals surface area contributed by atoms with E-state index in [1.54, 1.807) is 0 Å². The van der Waals surface area contributed by atoms with Gasteiger partial charge in [-0.25, -0.2) is 0 Å². The molecule has 2 rings (SSSR count). The summed E-state index contributed by atoms with van der Waals surface area (Å²) in [5, 5.41) is 8.98. The number of ether oxygens (including phenoxy) is 2. The van der Waals surface area contributed by atoms with E-state index in [1.165, 1.54) is 7.11 Å². The first-order valence-electron chi connectivity index (χ1n) is 7.11. The molecule has 1 aliphatic rings. The van der Waals surface area contributed by atoms with Crippen molar-refractivity contribution in [1.82, 2.24) is 0 Å². The molecule has 0 unspecified atom stereocenters. The summed E-state index contributed by atoms with van der Waals surface area (Å²) in [6.07, 6.45) is 3.75.